The van der Waals surface area contributed by atoms with Gasteiger partial charge in [0, 0.05) is 13.0 Å². The summed E-state index contributed by atoms with van der Waals surface area (Å²) in [6.45, 7) is 22.7. The van der Waals surface area contributed by atoms with E-state index in [2.05, 4.69) is 60.3 Å². The minimum Gasteiger partial charge on any atom is -0.465 e. The van der Waals surface area contributed by atoms with Crippen LogP contribution >= 0.6 is 0 Å². The Labute approximate surface area is 274 Å². The highest BCUT2D eigenvalue weighted by Crippen LogP contribution is 2.22. The number of carbonyl (C=O) groups excluding carboxylic acids is 1. The second-order valence-electron chi connectivity index (χ2n) is 15.1. The first-order chi connectivity index (χ1) is 21.0. The fraction of sp³-hybridized carbons (Fsp3) is 0.974. The molecular weight excluding hydrogens is 550 g/mol. The van der Waals surface area contributed by atoms with Crippen LogP contribution in [0.2, 0.25) is 0 Å². The molecule has 0 aromatic heterocycles. The third-order valence-corrected chi connectivity index (χ3v) is 9.24. The Hall–Kier alpha value is -0.690. The quantitative estimate of drug-likeness (QED) is 0.0453. The highest BCUT2D eigenvalue weighted by molar-refractivity contribution is 5.69. The molecule has 0 amide bonds. The van der Waals surface area contributed by atoms with E-state index in [9.17, 15) is 15.0 Å². The van der Waals surface area contributed by atoms with Gasteiger partial charge in [-0.25, -0.2) is 0 Å². The van der Waals surface area contributed by atoms with E-state index in [1.807, 2.05) is 0 Å². The van der Waals surface area contributed by atoms with E-state index in [4.69, 9.17) is 9.47 Å². The van der Waals surface area contributed by atoms with E-state index in [0.717, 1.165) is 77.4 Å². The number of esters is 1. The van der Waals surface area contributed by atoms with E-state index >= 15 is 0 Å². The summed E-state index contributed by atoms with van der Waals surface area (Å²) < 4.78 is 11.5. The molecular formula is C38H77NO5. The lowest BCUT2D eigenvalue weighted by Crippen LogP contribution is -2.27. The van der Waals surface area contributed by atoms with E-state index in [-0.39, 0.29) is 12.6 Å². The van der Waals surface area contributed by atoms with Crippen LogP contribution in [-0.4, -0.2) is 66.8 Å². The fourth-order valence-corrected chi connectivity index (χ4v) is 5.65. The molecule has 264 valence electrons. The van der Waals surface area contributed by atoms with Crippen LogP contribution in [-0.2, 0) is 14.3 Å². The van der Waals surface area contributed by atoms with Gasteiger partial charge in [-0.05, 0) is 113 Å². The number of nitrogens with zero attached hydrogens (tertiary/aromatic N) is 1. The smallest absolute Gasteiger partial charge is 0.305 e. The zero-order valence-corrected chi connectivity index (χ0v) is 30.7. The molecule has 0 spiro atoms. The standard InChI is InChI=1S/C38H77NO5/c1-31(2)21-23-35(33(5)6)29-43-37(41)19-13-10-9-11-15-25-39(27-17-18-28-40)26-16-12-14-20-38(42)44-30-36(34(7)8)24-22-32(3)4/h31-37,40-41H,9-30H2,1-8H3. The van der Waals surface area contributed by atoms with Gasteiger partial charge in [-0.3, -0.25) is 4.79 Å². The molecule has 0 saturated heterocycles. The monoisotopic (exact) mass is 628 g/mol. The minimum absolute atomic E-state index is 0.0412. The third kappa shape index (κ3) is 26.5. The molecule has 0 bridgehead atoms. The van der Waals surface area contributed by atoms with Crippen LogP contribution in [0.25, 0.3) is 0 Å². The lowest BCUT2D eigenvalue weighted by atomic mass is 9.89. The van der Waals surface area contributed by atoms with Gasteiger partial charge in [-0.15, -0.1) is 0 Å². The molecule has 3 unspecified atom stereocenters. The molecule has 0 fully saturated rings. The van der Waals surface area contributed by atoms with Gasteiger partial charge >= 0.3 is 5.97 Å². The Morgan fingerprint density at radius 1 is 0.591 bits per heavy atom. The maximum Gasteiger partial charge on any atom is 0.305 e. The first-order valence-electron chi connectivity index (χ1n) is 18.7. The zero-order valence-electron chi connectivity index (χ0n) is 30.7. The molecule has 2 N–H and O–H groups in total. The fourth-order valence-electron chi connectivity index (χ4n) is 5.65. The van der Waals surface area contributed by atoms with Crippen molar-refractivity contribution in [1.29, 1.82) is 0 Å². The van der Waals surface area contributed by atoms with Gasteiger partial charge in [-0.1, -0.05) is 93.9 Å². The minimum atomic E-state index is -0.633. The number of hydrogen-bond acceptors (Lipinski definition) is 6. The summed E-state index contributed by atoms with van der Waals surface area (Å²) >= 11 is 0. The van der Waals surface area contributed by atoms with Crippen LogP contribution < -0.4 is 0 Å². The Morgan fingerprint density at radius 3 is 1.59 bits per heavy atom. The molecule has 0 rings (SSSR count). The number of carbonyl (C=O) groups is 1. The van der Waals surface area contributed by atoms with Gasteiger partial charge in [0.05, 0.1) is 13.2 Å². The summed E-state index contributed by atoms with van der Waals surface area (Å²) in [4.78, 5) is 14.9. The van der Waals surface area contributed by atoms with Crippen molar-refractivity contribution < 1.29 is 24.5 Å². The Bertz CT molecular complexity index is 639. The molecule has 0 radical (unpaired) electrons. The maximum absolute atomic E-state index is 12.3. The van der Waals surface area contributed by atoms with Crippen molar-refractivity contribution in [3.8, 4) is 0 Å². The summed E-state index contributed by atoms with van der Waals surface area (Å²) in [6.07, 6.45) is 16.0. The van der Waals surface area contributed by atoms with Gasteiger partial charge in [0.2, 0.25) is 0 Å². The molecule has 0 aliphatic carbocycles. The van der Waals surface area contributed by atoms with Crippen LogP contribution in [0.1, 0.15) is 158 Å². The second-order valence-corrected chi connectivity index (χ2v) is 15.1. The number of hydrogen-bond donors (Lipinski definition) is 2. The maximum atomic E-state index is 12.3. The highest BCUT2D eigenvalue weighted by Gasteiger charge is 2.18. The predicted octanol–water partition coefficient (Wildman–Crippen LogP) is 9.26. The van der Waals surface area contributed by atoms with Crippen molar-refractivity contribution in [3.05, 3.63) is 0 Å². The summed E-state index contributed by atoms with van der Waals surface area (Å²) in [5.41, 5.74) is 0. The zero-order chi connectivity index (χ0) is 33.2. The SMILES string of the molecule is CC(C)CCC(COC(=O)CCCCCN(CCCCO)CCCCCCCC(O)OCC(CCC(C)C)C(C)C)C(C)C. The first-order valence-corrected chi connectivity index (χ1v) is 18.7. The summed E-state index contributed by atoms with van der Waals surface area (Å²) in [5, 5.41) is 19.5. The Balaban J connectivity index is 4.12. The van der Waals surface area contributed by atoms with Gasteiger partial charge in [0.1, 0.15) is 0 Å². The molecule has 0 aliphatic heterocycles. The van der Waals surface area contributed by atoms with Crippen LogP contribution in [0.15, 0.2) is 0 Å². The van der Waals surface area contributed by atoms with Gasteiger partial charge in [0.15, 0.2) is 6.29 Å². The lowest BCUT2D eigenvalue weighted by Gasteiger charge is -2.23. The van der Waals surface area contributed by atoms with Crippen LogP contribution in [0.4, 0.5) is 0 Å². The van der Waals surface area contributed by atoms with Crippen molar-refractivity contribution in [2.24, 2.45) is 35.5 Å². The first kappa shape index (κ1) is 43.3. The molecule has 0 aliphatic rings. The average Bonchev–Trinajstić information content (AvgIpc) is 2.95. The largest absolute Gasteiger partial charge is 0.465 e. The predicted molar refractivity (Wildman–Crippen MR) is 187 cm³/mol. The topological polar surface area (TPSA) is 79.2 Å². The average molecular weight is 628 g/mol. The number of unbranched alkanes of at least 4 members (excludes halogenated alkanes) is 7. The van der Waals surface area contributed by atoms with E-state index in [1.165, 1.54) is 38.5 Å². The molecule has 0 saturated carbocycles. The van der Waals surface area contributed by atoms with E-state index < -0.39 is 6.29 Å². The summed E-state index contributed by atoms with van der Waals surface area (Å²) in [5.74, 6) is 3.46. The number of aliphatic hydroxyl groups is 2. The Morgan fingerprint density at radius 2 is 1.07 bits per heavy atom. The number of rotatable bonds is 31. The number of ether oxygens (including phenoxy) is 2. The van der Waals surface area contributed by atoms with Crippen LogP contribution in [0, 0.1) is 35.5 Å². The summed E-state index contributed by atoms with van der Waals surface area (Å²) in [6, 6.07) is 0. The van der Waals surface area contributed by atoms with E-state index in [0.29, 0.717) is 55.1 Å². The lowest BCUT2D eigenvalue weighted by molar-refractivity contribution is -0.145. The highest BCUT2D eigenvalue weighted by atomic mass is 16.6. The van der Waals surface area contributed by atoms with Crippen molar-refractivity contribution in [3.63, 3.8) is 0 Å². The van der Waals surface area contributed by atoms with Gasteiger partial charge in [0.25, 0.3) is 0 Å². The third-order valence-electron chi connectivity index (χ3n) is 9.24. The van der Waals surface area contributed by atoms with Crippen molar-refractivity contribution in [2.75, 3.05) is 39.5 Å². The van der Waals surface area contributed by atoms with Gasteiger partial charge in [-0.2, -0.15) is 0 Å². The van der Waals surface area contributed by atoms with Crippen molar-refractivity contribution in [2.45, 2.75) is 164 Å². The van der Waals surface area contributed by atoms with E-state index in [1.54, 1.807) is 0 Å². The molecule has 44 heavy (non-hydrogen) atoms. The summed E-state index contributed by atoms with van der Waals surface area (Å²) in [7, 11) is 0. The van der Waals surface area contributed by atoms with Crippen molar-refractivity contribution in [1.82, 2.24) is 4.90 Å². The van der Waals surface area contributed by atoms with Crippen molar-refractivity contribution >= 4 is 5.97 Å². The molecule has 6 heteroatoms. The van der Waals surface area contributed by atoms with Gasteiger partial charge < -0.3 is 24.6 Å². The molecule has 0 aromatic carbocycles. The normalized spacial score (nSPS) is 14.3. The molecule has 6 nitrogen and oxygen atoms in total. The van der Waals surface area contributed by atoms with Crippen LogP contribution in [0.3, 0.4) is 0 Å². The molecule has 3 atom stereocenters. The molecule has 0 aromatic rings. The van der Waals surface area contributed by atoms with Crippen LogP contribution in [0.5, 0.6) is 0 Å². The Kier molecular flexibility index (Phi) is 28.1. The second kappa shape index (κ2) is 28.5. The molecule has 0 heterocycles. The number of aliphatic hydroxyl groups excluding tert-OH is 2.